The molecule has 1 heterocycles. The number of carbonyl (C=O) groups excluding carboxylic acids is 1. The van der Waals surface area contributed by atoms with Gasteiger partial charge in [-0.3, -0.25) is 4.79 Å². The van der Waals surface area contributed by atoms with Gasteiger partial charge < -0.3 is 9.64 Å². The van der Waals surface area contributed by atoms with E-state index in [0.717, 1.165) is 16.3 Å². The van der Waals surface area contributed by atoms with Crippen LogP contribution in [0.15, 0.2) is 30.3 Å². The Bertz CT molecular complexity index is 547. The number of carbonyl (C=O) groups is 1. The first kappa shape index (κ1) is 13.5. The van der Waals surface area contributed by atoms with Gasteiger partial charge in [-0.15, -0.1) is 0 Å². The van der Waals surface area contributed by atoms with Crippen LogP contribution in [0, 0.1) is 13.8 Å². The minimum Gasteiger partial charge on any atom is -0.460 e. The van der Waals surface area contributed by atoms with Gasteiger partial charge in [0.15, 0.2) is 6.61 Å². The zero-order valence-electron chi connectivity index (χ0n) is 11.2. The summed E-state index contributed by atoms with van der Waals surface area (Å²) >= 11 is 1.46. The third-order valence-electron chi connectivity index (χ3n) is 2.85. The van der Waals surface area contributed by atoms with E-state index in [1.807, 2.05) is 44.2 Å². The third-order valence-corrected chi connectivity index (χ3v) is 3.83. The number of likely N-dealkylation sites (N-methyl/N-ethyl adjacent to an activating group) is 1. The molecular weight excluding hydrogens is 260 g/mol. The van der Waals surface area contributed by atoms with Crippen LogP contribution in [0.3, 0.4) is 0 Å². The van der Waals surface area contributed by atoms with E-state index >= 15 is 0 Å². The lowest BCUT2D eigenvalue weighted by molar-refractivity contribution is -0.120. The van der Waals surface area contributed by atoms with E-state index in [4.69, 9.17) is 4.74 Å². The van der Waals surface area contributed by atoms with Gasteiger partial charge in [0.25, 0.3) is 11.1 Å². The number of ether oxygens (including phenoxy) is 1. The molecule has 0 spiro atoms. The quantitative estimate of drug-likeness (QED) is 0.862. The molecule has 0 saturated carbocycles. The van der Waals surface area contributed by atoms with Crippen LogP contribution in [0.5, 0.6) is 5.19 Å². The van der Waals surface area contributed by atoms with Crippen molar-refractivity contribution in [2.75, 3.05) is 18.6 Å². The van der Waals surface area contributed by atoms with Gasteiger partial charge >= 0.3 is 0 Å². The minimum atomic E-state index is -0.100. The number of para-hydroxylation sites is 1. The number of aromatic nitrogens is 1. The van der Waals surface area contributed by atoms with Gasteiger partial charge in [0.05, 0.1) is 5.69 Å². The van der Waals surface area contributed by atoms with Crippen LogP contribution in [-0.2, 0) is 4.79 Å². The average molecular weight is 276 g/mol. The lowest BCUT2D eigenvalue weighted by atomic mass is 10.3. The molecule has 0 N–H and O–H groups in total. The molecule has 0 saturated heterocycles. The number of amides is 1. The van der Waals surface area contributed by atoms with Crippen molar-refractivity contribution in [1.29, 1.82) is 0 Å². The van der Waals surface area contributed by atoms with E-state index in [0.29, 0.717) is 5.19 Å². The second-order valence-corrected chi connectivity index (χ2v) is 5.36. The van der Waals surface area contributed by atoms with Gasteiger partial charge in [-0.25, -0.2) is 4.98 Å². The van der Waals surface area contributed by atoms with Crippen LogP contribution in [0.1, 0.15) is 10.6 Å². The smallest absolute Gasteiger partial charge is 0.274 e. The van der Waals surface area contributed by atoms with E-state index in [1.165, 1.54) is 11.3 Å². The van der Waals surface area contributed by atoms with E-state index in [1.54, 1.807) is 11.9 Å². The molecule has 0 atom stereocenters. The molecule has 5 heteroatoms. The molecule has 0 radical (unpaired) electrons. The normalized spacial score (nSPS) is 10.3. The summed E-state index contributed by atoms with van der Waals surface area (Å²) < 4.78 is 5.43. The largest absolute Gasteiger partial charge is 0.460 e. The molecule has 0 aliphatic rings. The Morgan fingerprint density at radius 1 is 1.32 bits per heavy atom. The zero-order valence-corrected chi connectivity index (χ0v) is 12.0. The summed E-state index contributed by atoms with van der Waals surface area (Å²) in [7, 11) is 1.74. The maximum absolute atomic E-state index is 12.0. The first-order valence-electron chi connectivity index (χ1n) is 5.96. The van der Waals surface area contributed by atoms with Gasteiger partial charge in [-0.1, -0.05) is 29.5 Å². The summed E-state index contributed by atoms with van der Waals surface area (Å²) in [6, 6.07) is 9.48. The number of aryl methyl sites for hydroxylation is 2. The Morgan fingerprint density at radius 2 is 2.00 bits per heavy atom. The maximum atomic E-state index is 12.0. The Hall–Kier alpha value is -1.88. The molecular formula is C14H16N2O2S. The number of hydrogen-bond donors (Lipinski definition) is 0. The predicted octanol–water partition coefficient (Wildman–Crippen LogP) is 2.80. The van der Waals surface area contributed by atoms with Crippen LogP contribution in [0.25, 0.3) is 0 Å². The molecule has 2 rings (SSSR count). The van der Waals surface area contributed by atoms with Crippen molar-refractivity contribution in [3.63, 3.8) is 0 Å². The zero-order chi connectivity index (χ0) is 13.8. The molecule has 1 aromatic heterocycles. The molecule has 2 aromatic rings. The molecule has 1 amide bonds. The van der Waals surface area contributed by atoms with Crippen molar-refractivity contribution < 1.29 is 9.53 Å². The number of hydrogen-bond acceptors (Lipinski definition) is 4. The summed E-state index contributed by atoms with van der Waals surface area (Å²) in [4.78, 5) is 18.9. The highest BCUT2D eigenvalue weighted by molar-refractivity contribution is 7.13. The van der Waals surface area contributed by atoms with Crippen molar-refractivity contribution in [2.24, 2.45) is 0 Å². The Morgan fingerprint density at radius 3 is 2.58 bits per heavy atom. The fraction of sp³-hybridized carbons (Fsp3) is 0.286. The fourth-order valence-electron chi connectivity index (χ4n) is 1.52. The molecule has 0 unspecified atom stereocenters. The van der Waals surface area contributed by atoms with Crippen LogP contribution in [0.4, 0.5) is 5.69 Å². The first-order valence-corrected chi connectivity index (χ1v) is 6.78. The van der Waals surface area contributed by atoms with Crippen molar-refractivity contribution in [2.45, 2.75) is 13.8 Å². The van der Waals surface area contributed by atoms with Crippen LogP contribution >= 0.6 is 11.3 Å². The number of thiazole rings is 1. The Labute approximate surface area is 116 Å². The molecule has 0 bridgehead atoms. The number of benzene rings is 1. The van der Waals surface area contributed by atoms with E-state index in [-0.39, 0.29) is 12.5 Å². The van der Waals surface area contributed by atoms with Crippen molar-refractivity contribution in [1.82, 2.24) is 4.98 Å². The van der Waals surface area contributed by atoms with Crippen molar-refractivity contribution in [3.05, 3.63) is 40.9 Å². The molecule has 0 aliphatic carbocycles. The number of anilines is 1. The second kappa shape index (κ2) is 5.84. The molecule has 0 fully saturated rings. The van der Waals surface area contributed by atoms with Gasteiger partial charge in [0.1, 0.15) is 0 Å². The monoisotopic (exact) mass is 276 g/mol. The van der Waals surface area contributed by atoms with Gasteiger partial charge in [0, 0.05) is 17.6 Å². The van der Waals surface area contributed by atoms with Crippen molar-refractivity contribution >= 4 is 22.9 Å². The summed E-state index contributed by atoms with van der Waals surface area (Å²) in [6.07, 6.45) is 0. The molecule has 100 valence electrons. The highest BCUT2D eigenvalue weighted by Gasteiger charge is 2.13. The van der Waals surface area contributed by atoms with E-state index in [9.17, 15) is 4.79 Å². The second-order valence-electron chi connectivity index (χ2n) is 4.20. The van der Waals surface area contributed by atoms with E-state index < -0.39 is 0 Å². The fourth-order valence-corrected chi connectivity index (χ4v) is 2.28. The maximum Gasteiger partial charge on any atom is 0.274 e. The molecule has 1 aromatic carbocycles. The average Bonchev–Trinajstić information content (AvgIpc) is 2.75. The van der Waals surface area contributed by atoms with Crippen molar-refractivity contribution in [3.8, 4) is 5.19 Å². The standard InChI is InChI=1S/C14H16N2O2S/c1-10-11(2)19-14(15-10)18-9-13(17)16(3)12-7-5-4-6-8-12/h4-8H,9H2,1-3H3. The summed E-state index contributed by atoms with van der Waals surface area (Å²) in [6.45, 7) is 3.91. The highest BCUT2D eigenvalue weighted by Crippen LogP contribution is 2.23. The highest BCUT2D eigenvalue weighted by atomic mass is 32.1. The molecule has 0 aliphatic heterocycles. The first-order chi connectivity index (χ1) is 9.08. The lowest BCUT2D eigenvalue weighted by Crippen LogP contribution is -2.31. The molecule has 4 nitrogen and oxygen atoms in total. The van der Waals surface area contributed by atoms with Gasteiger partial charge in [0.2, 0.25) is 0 Å². The predicted molar refractivity (Wildman–Crippen MR) is 76.9 cm³/mol. The van der Waals surface area contributed by atoms with E-state index in [2.05, 4.69) is 4.98 Å². The summed E-state index contributed by atoms with van der Waals surface area (Å²) in [5.41, 5.74) is 1.80. The third kappa shape index (κ3) is 3.32. The summed E-state index contributed by atoms with van der Waals surface area (Å²) in [5.74, 6) is -0.100. The number of rotatable bonds is 4. The summed E-state index contributed by atoms with van der Waals surface area (Å²) in [5, 5.41) is 0.546. The number of nitrogens with zero attached hydrogens (tertiary/aromatic N) is 2. The Kier molecular flexibility index (Phi) is 4.16. The lowest BCUT2D eigenvalue weighted by Gasteiger charge is -2.16. The van der Waals surface area contributed by atoms with Gasteiger partial charge in [-0.05, 0) is 26.0 Å². The van der Waals surface area contributed by atoms with Gasteiger partial charge in [-0.2, -0.15) is 0 Å². The van der Waals surface area contributed by atoms with Crippen LogP contribution < -0.4 is 9.64 Å². The van der Waals surface area contributed by atoms with Crippen LogP contribution in [-0.4, -0.2) is 24.5 Å². The molecule has 19 heavy (non-hydrogen) atoms. The SMILES string of the molecule is Cc1nc(OCC(=O)N(C)c2ccccc2)sc1C. The Balaban J connectivity index is 1.94. The minimum absolute atomic E-state index is 0.00219. The topological polar surface area (TPSA) is 42.4 Å². The van der Waals surface area contributed by atoms with Crippen LogP contribution in [0.2, 0.25) is 0 Å².